The molecule has 0 saturated carbocycles. The molecular formula is C12H17FN2S. The Bertz CT molecular complexity index is 373. The fraction of sp³-hybridized carbons (Fsp3) is 0.583. The van der Waals surface area contributed by atoms with Gasteiger partial charge in [0, 0.05) is 12.2 Å². The van der Waals surface area contributed by atoms with Crippen LogP contribution in [-0.2, 0) is 0 Å². The van der Waals surface area contributed by atoms with Crippen LogP contribution in [0.2, 0.25) is 0 Å². The van der Waals surface area contributed by atoms with Crippen molar-refractivity contribution in [1.82, 2.24) is 0 Å². The molecule has 1 heterocycles. The Labute approximate surface area is 99.9 Å². The van der Waals surface area contributed by atoms with Gasteiger partial charge in [0.2, 0.25) is 0 Å². The third-order valence-electron chi connectivity index (χ3n) is 3.21. The lowest BCUT2D eigenvalue weighted by molar-refractivity contribution is 0.474. The maximum absolute atomic E-state index is 13.0. The van der Waals surface area contributed by atoms with Crippen molar-refractivity contribution in [1.29, 1.82) is 0 Å². The number of rotatable bonds is 1. The van der Waals surface area contributed by atoms with Crippen molar-refractivity contribution in [2.24, 2.45) is 10.7 Å². The first kappa shape index (κ1) is 11.7. The summed E-state index contributed by atoms with van der Waals surface area (Å²) in [5.41, 5.74) is 6.83. The van der Waals surface area contributed by atoms with Crippen molar-refractivity contribution in [2.75, 3.05) is 5.75 Å². The second-order valence-corrected chi connectivity index (χ2v) is 5.60. The number of aliphatic imine (C=N–C) groups is 1. The molecule has 2 rings (SSSR count). The largest absolute Gasteiger partial charge is 0.379 e. The highest BCUT2D eigenvalue weighted by Gasteiger charge is 2.30. The van der Waals surface area contributed by atoms with Crippen molar-refractivity contribution in [2.45, 2.75) is 38.1 Å². The van der Waals surface area contributed by atoms with Crippen LogP contribution in [0.5, 0.6) is 0 Å². The summed E-state index contributed by atoms with van der Waals surface area (Å²) in [4.78, 5) is 4.59. The van der Waals surface area contributed by atoms with E-state index in [1.165, 1.54) is 5.57 Å². The highest BCUT2D eigenvalue weighted by Crippen LogP contribution is 2.36. The molecule has 0 aromatic carbocycles. The molecule has 0 fully saturated rings. The van der Waals surface area contributed by atoms with Crippen molar-refractivity contribution in [3.8, 4) is 0 Å². The van der Waals surface area contributed by atoms with Gasteiger partial charge < -0.3 is 5.73 Å². The van der Waals surface area contributed by atoms with Gasteiger partial charge >= 0.3 is 0 Å². The molecule has 0 radical (unpaired) electrons. The van der Waals surface area contributed by atoms with E-state index >= 15 is 0 Å². The molecule has 0 saturated heterocycles. The average molecular weight is 240 g/mol. The Morgan fingerprint density at radius 2 is 2.25 bits per heavy atom. The lowest BCUT2D eigenvalue weighted by Gasteiger charge is -2.29. The zero-order valence-electron chi connectivity index (χ0n) is 9.50. The van der Waals surface area contributed by atoms with Gasteiger partial charge in [-0.3, -0.25) is 4.99 Å². The number of amidine groups is 1. The minimum atomic E-state index is -0.217. The molecule has 0 aromatic heterocycles. The van der Waals surface area contributed by atoms with E-state index in [0.29, 0.717) is 11.6 Å². The van der Waals surface area contributed by atoms with E-state index in [1.807, 2.05) is 6.08 Å². The number of halogens is 1. The summed E-state index contributed by atoms with van der Waals surface area (Å²) in [5, 5.41) is 0.663. The van der Waals surface area contributed by atoms with E-state index in [0.717, 1.165) is 25.0 Å². The van der Waals surface area contributed by atoms with Gasteiger partial charge in [-0.2, -0.15) is 0 Å². The minimum absolute atomic E-state index is 0.0349. The predicted molar refractivity (Wildman–Crippen MR) is 68.2 cm³/mol. The van der Waals surface area contributed by atoms with E-state index < -0.39 is 0 Å². The molecule has 0 spiro atoms. The monoisotopic (exact) mass is 240 g/mol. The minimum Gasteiger partial charge on any atom is -0.379 e. The Balaban J connectivity index is 2.26. The third-order valence-corrected chi connectivity index (χ3v) is 4.08. The first-order valence-corrected chi connectivity index (χ1v) is 6.62. The molecular weight excluding hydrogens is 223 g/mol. The number of allylic oxidation sites excluding steroid dienone is 3. The van der Waals surface area contributed by atoms with Crippen molar-refractivity contribution in [3.05, 3.63) is 23.6 Å². The maximum Gasteiger partial charge on any atom is 0.154 e. The second-order valence-electron chi connectivity index (χ2n) is 4.48. The Kier molecular flexibility index (Phi) is 3.38. The third kappa shape index (κ3) is 2.48. The molecule has 2 N–H and O–H groups in total. The van der Waals surface area contributed by atoms with E-state index in [9.17, 15) is 4.39 Å². The lowest BCUT2D eigenvalue weighted by atomic mass is 9.83. The molecule has 4 heteroatoms. The number of hydrogen-bond donors (Lipinski definition) is 1. The second kappa shape index (κ2) is 4.62. The predicted octanol–water partition coefficient (Wildman–Crippen LogP) is 3.16. The van der Waals surface area contributed by atoms with Gasteiger partial charge in [0.1, 0.15) is 5.83 Å². The summed E-state index contributed by atoms with van der Waals surface area (Å²) in [6.07, 6.45) is 6.82. The van der Waals surface area contributed by atoms with Gasteiger partial charge in [-0.1, -0.05) is 17.8 Å². The molecule has 2 nitrogen and oxygen atoms in total. The standard InChI is InChI=1S/C12H17FN2S/c1-12(7-2-8-16-11(14)15-12)9-3-5-10(13)6-4-9/h3,5H,2,4,6-8H2,1H3,(H2,14,15). The van der Waals surface area contributed by atoms with Crippen molar-refractivity contribution in [3.63, 3.8) is 0 Å². The van der Waals surface area contributed by atoms with Crippen LogP contribution in [0.15, 0.2) is 28.5 Å². The summed E-state index contributed by atoms with van der Waals surface area (Å²) in [5.74, 6) is 0.995. The highest BCUT2D eigenvalue weighted by molar-refractivity contribution is 8.13. The normalized spacial score (nSPS) is 31.2. The lowest BCUT2D eigenvalue weighted by Crippen LogP contribution is -2.27. The van der Waals surface area contributed by atoms with E-state index in [4.69, 9.17) is 5.73 Å². The van der Waals surface area contributed by atoms with Gasteiger partial charge in [0.25, 0.3) is 0 Å². The van der Waals surface area contributed by atoms with Crippen LogP contribution in [-0.4, -0.2) is 16.5 Å². The van der Waals surface area contributed by atoms with Crippen molar-refractivity contribution >= 4 is 16.9 Å². The van der Waals surface area contributed by atoms with Crippen LogP contribution in [0.4, 0.5) is 4.39 Å². The highest BCUT2D eigenvalue weighted by atomic mass is 32.2. The molecule has 0 bridgehead atoms. The summed E-state index contributed by atoms with van der Waals surface area (Å²) < 4.78 is 13.0. The zero-order valence-corrected chi connectivity index (χ0v) is 10.3. The first-order valence-electron chi connectivity index (χ1n) is 5.64. The Hall–Kier alpha value is -0.770. The van der Waals surface area contributed by atoms with Crippen LogP contribution in [0.1, 0.15) is 32.6 Å². The molecule has 88 valence electrons. The molecule has 0 aromatic rings. The van der Waals surface area contributed by atoms with Gasteiger partial charge in [0.05, 0.1) is 5.54 Å². The zero-order chi connectivity index (χ0) is 11.6. The Morgan fingerprint density at radius 3 is 2.94 bits per heavy atom. The van der Waals surface area contributed by atoms with E-state index in [2.05, 4.69) is 11.9 Å². The topological polar surface area (TPSA) is 38.4 Å². The SMILES string of the molecule is CC1(C2=CC=C(F)CC2)CCCSC(N)=N1. The van der Waals surface area contributed by atoms with Gasteiger partial charge in [-0.25, -0.2) is 4.39 Å². The molecule has 1 aliphatic heterocycles. The van der Waals surface area contributed by atoms with Crippen LogP contribution >= 0.6 is 11.8 Å². The number of thioether (sulfide) groups is 1. The van der Waals surface area contributed by atoms with E-state index in [1.54, 1.807) is 17.8 Å². The molecule has 1 unspecified atom stereocenters. The number of nitrogens with zero attached hydrogens (tertiary/aromatic N) is 1. The number of hydrogen-bond acceptors (Lipinski definition) is 3. The molecule has 16 heavy (non-hydrogen) atoms. The molecule has 1 aliphatic carbocycles. The van der Waals surface area contributed by atoms with Gasteiger partial charge in [0.15, 0.2) is 5.17 Å². The van der Waals surface area contributed by atoms with Crippen LogP contribution in [0.25, 0.3) is 0 Å². The molecule has 2 aliphatic rings. The van der Waals surface area contributed by atoms with Gasteiger partial charge in [-0.15, -0.1) is 0 Å². The number of nitrogens with two attached hydrogens (primary N) is 1. The Morgan fingerprint density at radius 1 is 1.44 bits per heavy atom. The van der Waals surface area contributed by atoms with Gasteiger partial charge in [-0.05, 0) is 37.8 Å². The van der Waals surface area contributed by atoms with Crippen LogP contribution in [0, 0.1) is 0 Å². The van der Waals surface area contributed by atoms with E-state index in [-0.39, 0.29) is 11.4 Å². The summed E-state index contributed by atoms with van der Waals surface area (Å²) >= 11 is 1.62. The summed E-state index contributed by atoms with van der Waals surface area (Å²) in [6.45, 7) is 2.11. The quantitative estimate of drug-likeness (QED) is 0.764. The smallest absolute Gasteiger partial charge is 0.154 e. The first-order chi connectivity index (χ1) is 7.60. The summed E-state index contributed by atoms with van der Waals surface area (Å²) in [7, 11) is 0. The fourth-order valence-electron chi connectivity index (χ4n) is 2.22. The fourth-order valence-corrected chi connectivity index (χ4v) is 2.98. The van der Waals surface area contributed by atoms with Crippen LogP contribution in [0.3, 0.4) is 0 Å². The molecule has 1 atom stereocenters. The maximum atomic E-state index is 13.0. The average Bonchev–Trinajstić information content (AvgIpc) is 2.41. The van der Waals surface area contributed by atoms with Crippen LogP contribution < -0.4 is 5.73 Å². The summed E-state index contributed by atoms with van der Waals surface area (Å²) in [6, 6.07) is 0. The van der Waals surface area contributed by atoms with Crippen molar-refractivity contribution < 1.29 is 4.39 Å². The molecule has 0 amide bonds.